The van der Waals surface area contributed by atoms with E-state index in [9.17, 15) is 18.4 Å². The number of fused-ring (bicyclic) bond motifs is 2. The van der Waals surface area contributed by atoms with Crippen LogP contribution in [0.3, 0.4) is 0 Å². The number of esters is 1. The largest absolute Gasteiger partial charge is 0.469 e. The van der Waals surface area contributed by atoms with Crippen LogP contribution in [-0.4, -0.2) is 19.0 Å². The van der Waals surface area contributed by atoms with E-state index >= 15 is 0 Å². The van der Waals surface area contributed by atoms with Crippen molar-refractivity contribution in [1.82, 2.24) is 5.32 Å². The minimum atomic E-state index is -0.667. The summed E-state index contributed by atoms with van der Waals surface area (Å²) in [6.45, 7) is 0.0725. The van der Waals surface area contributed by atoms with E-state index in [1.165, 1.54) is 19.2 Å². The fourth-order valence-electron chi connectivity index (χ4n) is 3.82. The Hall–Kier alpha value is -1.98. The Morgan fingerprint density at radius 1 is 1.09 bits per heavy atom. The van der Waals surface area contributed by atoms with Crippen molar-refractivity contribution < 1.29 is 23.1 Å². The highest BCUT2D eigenvalue weighted by Crippen LogP contribution is 2.52. The van der Waals surface area contributed by atoms with Crippen LogP contribution in [0.4, 0.5) is 8.78 Å². The van der Waals surface area contributed by atoms with Gasteiger partial charge in [-0.05, 0) is 48.8 Å². The van der Waals surface area contributed by atoms with E-state index in [2.05, 4.69) is 5.32 Å². The third-order valence-electron chi connectivity index (χ3n) is 5.09. The van der Waals surface area contributed by atoms with Crippen LogP contribution in [0.1, 0.15) is 24.8 Å². The molecule has 1 aromatic rings. The van der Waals surface area contributed by atoms with Crippen molar-refractivity contribution in [2.24, 2.45) is 23.7 Å². The van der Waals surface area contributed by atoms with Gasteiger partial charge in [-0.25, -0.2) is 8.78 Å². The Balaban J connectivity index is 1.61. The van der Waals surface area contributed by atoms with E-state index in [1.807, 2.05) is 0 Å². The van der Waals surface area contributed by atoms with Crippen molar-refractivity contribution in [2.75, 3.05) is 7.11 Å². The van der Waals surface area contributed by atoms with Gasteiger partial charge in [0.2, 0.25) is 5.91 Å². The summed E-state index contributed by atoms with van der Waals surface area (Å²) in [5.41, 5.74) is 0.377. The van der Waals surface area contributed by atoms with E-state index in [1.54, 1.807) is 0 Å². The normalized spacial score (nSPS) is 28.7. The first kappa shape index (κ1) is 15.9. The molecule has 3 aliphatic carbocycles. The van der Waals surface area contributed by atoms with Crippen LogP contribution in [0, 0.1) is 35.3 Å². The van der Waals surface area contributed by atoms with Gasteiger partial charge in [0.05, 0.1) is 13.0 Å². The second-order valence-electron chi connectivity index (χ2n) is 6.46. The SMILES string of the molecule is COC(=O)[C@@H]1C[C@H](C(=O)NCc2cc(F)cc(F)c2)C2CC1C2. The number of hydrogen-bond donors (Lipinski definition) is 1. The van der Waals surface area contributed by atoms with Gasteiger partial charge in [-0.1, -0.05) is 0 Å². The molecule has 0 aliphatic heterocycles. The molecule has 0 unspecified atom stereocenters. The molecule has 1 N–H and O–H groups in total. The summed E-state index contributed by atoms with van der Waals surface area (Å²) < 4.78 is 31.1. The highest BCUT2D eigenvalue weighted by molar-refractivity contribution is 5.81. The Morgan fingerprint density at radius 3 is 2.30 bits per heavy atom. The molecule has 4 nitrogen and oxygen atoms in total. The smallest absolute Gasteiger partial charge is 0.308 e. The molecular formula is C17H19F2NO3. The van der Waals surface area contributed by atoms with Crippen molar-refractivity contribution in [3.8, 4) is 0 Å². The molecule has 124 valence electrons. The Bertz CT molecular complexity index is 608. The molecule has 2 bridgehead atoms. The van der Waals surface area contributed by atoms with Crippen molar-refractivity contribution in [3.63, 3.8) is 0 Å². The lowest BCUT2D eigenvalue weighted by Crippen LogP contribution is -2.50. The number of methoxy groups -OCH3 is 1. The van der Waals surface area contributed by atoms with Crippen LogP contribution in [0.5, 0.6) is 0 Å². The molecule has 23 heavy (non-hydrogen) atoms. The number of carbonyl (C=O) groups excluding carboxylic acids is 2. The molecular weight excluding hydrogens is 304 g/mol. The number of nitrogens with one attached hydrogen (secondary N) is 1. The molecule has 0 heterocycles. The summed E-state index contributed by atoms with van der Waals surface area (Å²) in [7, 11) is 1.36. The maximum Gasteiger partial charge on any atom is 0.308 e. The number of benzene rings is 1. The second-order valence-corrected chi connectivity index (χ2v) is 6.46. The highest BCUT2D eigenvalue weighted by atomic mass is 19.1. The van der Waals surface area contributed by atoms with Crippen LogP contribution >= 0.6 is 0 Å². The van der Waals surface area contributed by atoms with Gasteiger partial charge in [-0.15, -0.1) is 0 Å². The lowest BCUT2D eigenvalue weighted by atomic mass is 9.55. The molecule has 1 amide bonds. The molecule has 1 aromatic carbocycles. The van der Waals surface area contributed by atoms with Crippen LogP contribution in [0.15, 0.2) is 18.2 Å². The second kappa shape index (κ2) is 6.26. The predicted octanol–water partition coefficient (Wildman–Crippen LogP) is 2.42. The van der Waals surface area contributed by atoms with Gasteiger partial charge in [0.1, 0.15) is 11.6 Å². The number of amides is 1. The first-order valence-electron chi connectivity index (χ1n) is 7.78. The van der Waals surface area contributed by atoms with Crippen molar-refractivity contribution in [1.29, 1.82) is 0 Å². The molecule has 0 saturated heterocycles. The molecule has 0 aromatic heterocycles. The number of halogens is 2. The zero-order valence-electron chi connectivity index (χ0n) is 12.9. The summed E-state index contributed by atoms with van der Waals surface area (Å²) >= 11 is 0. The van der Waals surface area contributed by atoms with Gasteiger partial charge in [0, 0.05) is 18.5 Å². The number of rotatable bonds is 4. The van der Waals surface area contributed by atoms with E-state index < -0.39 is 11.6 Å². The number of carbonyl (C=O) groups is 2. The van der Waals surface area contributed by atoms with Gasteiger partial charge < -0.3 is 10.1 Å². The molecule has 0 spiro atoms. The predicted molar refractivity (Wildman–Crippen MR) is 78.0 cm³/mol. The zero-order valence-corrected chi connectivity index (χ0v) is 12.9. The molecule has 0 radical (unpaired) electrons. The standard InChI is InChI=1S/C17H19F2NO3/c1-23-17(22)15-7-14(10-4-11(15)5-10)16(21)20-8-9-2-12(18)6-13(19)3-9/h2-3,6,10-11,14-15H,4-5,7-8H2,1H3,(H,20,21)/t10?,11?,14-,15+/m0/s1. The van der Waals surface area contributed by atoms with E-state index in [4.69, 9.17) is 4.74 Å². The molecule has 6 heteroatoms. The average molecular weight is 323 g/mol. The first-order valence-corrected chi connectivity index (χ1v) is 7.78. The summed E-state index contributed by atoms with van der Waals surface area (Å²) in [6, 6.07) is 3.18. The lowest BCUT2D eigenvalue weighted by Gasteiger charge is -2.49. The van der Waals surface area contributed by atoms with Crippen molar-refractivity contribution >= 4 is 11.9 Å². The lowest BCUT2D eigenvalue weighted by molar-refractivity contribution is -0.158. The van der Waals surface area contributed by atoms with Crippen LogP contribution in [0.25, 0.3) is 0 Å². The molecule has 3 aliphatic rings. The summed E-state index contributed by atoms with van der Waals surface area (Å²) in [5, 5.41) is 2.73. The summed E-state index contributed by atoms with van der Waals surface area (Å²) in [5.74, 6) is -1.57. The molecule has 2 atom stereocenters. The third kappa shape index (κ3) is 3.21. The van der Waals surface area contributed by atoms with E-state index in [-0.39, 0.29) is 30.3 Å². The number of ether oxygens (including phenoxy) is 1. The van der Waals surface area contributed by atoms with Gasteiger partial charge in [-0.2, -0.15) is 0 Å². The van der Waals surface area contributed by atoms with Crippen LogP contribution < -0.4 is 5.32 Å². The Morgan fingerprint density at radius 2 is 1.70 bits per heavy atom. The molecule has 3 saturated carbocycles. The first-order chi connectivity index (χ1) is 11.0. The van der Waals surface area contributed by atoms with Gasteiger partial charge in [0.15, 0.2) is 0 Å². The fraction of sp³-hybridized carbons (Fsp3) is 0.529. The average Bonchev–Trinajstić information content (AvgIpc) is 2.49. The van der Waals surface area contributed by atoms with Crippen LogP contribution in [0.2, 0.25) is 0 Å². The minimum Gasteiger partial charge on any atom is -0.469 e. The van der Waals surface area contributed by atoms with Crippen LogP contribution in [-0.2, 0) is 20.9 Å². The maximum atomic E-state index is 13.2. The minimum absolute atomic E-state index is 0.0725. The topological polar surface area (TPSA) is 55.4 Å². The zero-order chi connectivity index (χ0) is 16.6. The Labute approximate surface area is 133 Å². The van der Waals surface area contributed by atoms with Gasteiger partial charge in [0.25, 0.3) is 0 Å². The summed E-state index contributed by atoms with van der Waals surface area (Å²) in [6.07, 6.45) is 2.23. The molecule has 3 fully saturated rings. The van der Waals surface area contributed by atoms with E-state index in [0.717, 1.165) is 18.9 Å². The van der Waals surface area contributed by atoms with Gasteiger partial charge in [-0.3, -0.25) is 9.59 Å². The van der Waals surface area contributed by atoms with Crippen molar-refractivity contribution in [3.05, 3.63) is 35.4 Å². The highest BCUT2D eigenvalue weighted by Gasteiger charge is 2.51. The molecule has 4 rings (SSSR count). The summed E-state index contributed by atoms with van der Waals surface area (Å²) in [4.78, 5) is 24.2. The monoisotopic (exact) mass is 323 g/mol. The maximum absolute atomic E-state index is 13.2. The Kier molecular flexibility index (Phi) is 4.33. The van der Waals surface area contributed by atoms with Gasteiger partial charge >= 0.3 is 5.97 Å². The third-order valence-corrected chi connectivity index (χ3v) is 5.09. The fourth-order valence-corrected chi connectivity index (χ4v) is 3.82. The van der Waals surface area contributed by atoms with E-state index in [0.29, 0.717) is 23.8 Å². The number of hydrogen-bond acceptors (Lipinski definition) is 3. The van der Waals surface area contributed by atoms with Crippen molar-refractivity contribution in [2.45, 2.75) is 25.8 Å². The quantitative estimate of drug-likeness (QED) is 0.866.